The number of hydrogen-bond donors (Lipinski definition) is 1. The smallest absolute Gasteiger partial charge is 0.0594 e. The van der Waals surface area contributed by atoms with Crippen molar-refractivity contribution in [2.45, 2.75) is 57.6 Å². The Morgan fingerprint density at radius 2 is 2.22 bits per heavy atom. The van der Waals surface area contributed by atoms with Crippen LogP contribution in [0.15, 0.2) is 12.1 Å². The Balaban J connectivity index is 2.05. The first-order valence-corrected chi connectivity index (χ1v) is 7.71. The Morgan fingerprint density at radius 1 is 1.44 bits per heavy atom. The molecule has 1 aromatic rings. The van der Waals surface area contributed by atoms with Crippen molar-refractivity contribution in [1.29, 1.82) is 0 Å². The second-order valence-corrected chi connectivity index (χ2v) is 7.28. The number of hydrogen-bond acceptors (Lipinski definition) is 3. The zero-order chi connectivity index (χ0) is 13.2. The summed E-state index contributed by atoms with van der Waals surface area (Å²) in [5.74, 6) is 0. The molecule has 2 rings (SSSR count). The molecule has 102 valence electrons. The van der Waals surface area contributed by atoms with E-state index in [0.29, 0.717) is 12.1 Å². The molecule has 1 aromatic heterocycles. The quantitative estimate of drug-likeness (QED) is 0.894. The van der Waals surface area contributed by atoms with Gasteiger partial charge in [-0.25, -0.2) is 0 Å². The first-order valence-electron chi connectivity index (χ1n) is 6.90. The normalized spacial score (nSPS) is 22.3. The summed E-state index contributed by atoms with van der Waals surface area (Å²) in [6.07, 6.45) is 3.98. The third-order valence-corrected chi connectivity index (χ3v) is 5.21. The van der Waals surface area contributed by atoms with Gasteiger partial charge in [-0.05, 0) is 43.9 Å². The minimum Gasteiger partial charge on any atom is -0.378 e. The van der Waals surface area contributed by atoms with Gasteiger partial charge in [0.15, 0.2) is 0 Å². The SMILES string of the molecule is CNC(CC1CCCO1)c1ccc(C(C)(C)C)s1. The standard InChI is InChI=1S/C15H25NOS/c1-15(2,3)14-8-7-13(18-14)12(16-4)10-11-6-5-9-17-11/h7-8,11-12,16H,5-6,9-10H2,1-4H3. The van der Waals surface area contributed by atoms with Gasteiger partial charge in [0.25, 0.3) is 0 Å². The van der Waals surface area contributed by atoms with E-state index < -0.39 is 0 Å². The second kappa shape index (κ2) is 5.72. The van der Waals surface area contributed by atoms with E-state index in [2.05, 4.69) is 45.3 Å². The van der Waals surface area contributed by atoms with Crippen molar-refractivity contribution >= 4 is 11.3 Å². The van der Waals surface area contributed by atoms with Crippen LogP contribution in [-0.4, -0.2) is 19.8 Å². The number of thiophene rings is 1. The average molecular weight is 267 g/mol. The maximum Gasteiger partial charge on any atom is 0.0594 e. The monoisotopic (exact) mass is 267 g/mol. The molecule has 2 unspecified atom stereocenters. The molecule has 1 saturated heterocycles. The molecular weight excluding hydrogens is 242 g/mol. The molecule has 1 fully saturated rings. The lowest BCUT2D eigenvalue weighted by atomic mass is 9.95. The Labute approximate surface area is 115 Å². The van der Waals surface area contributed by atoms with Gasteiger partial charge in [0.1, 0.15) is 0 Å². The molecule has 0 aliphatic carbocycles. The predicted octanol–water partition coefficient (Wildman–Crippen LogP) is 3.88. The summed E-state index contributed by atoms with van der Waals surface area (Å²) in [5, 5.41) is 3.44. The molecule has 1 N–H and O–H groups in total. The number of rotatable bonds is 4. The zero-order valence-corrected chi connectivity index (χ0v) is 12.8. The highest BCUT2D eigenvalue weighted by Crippen LogP contribution is 2.34. The van der Waals surface area contributed by atoms with E-state index in [4.69, 9.17) is 4.74 Å². The van der Waals surface area contributed by atoms with Crippen LogP contribution in [0.1, 0.15) is 55.8 Å². The third kappa shape index (κ3) is 3.34. The van der Waals surface area contributed by atoms with E-state index >= 15 is 0 Å². The first-order chi connectivity index (χ1) is 8.50. The largest absolute Gasteiger partial charge is 0.378 e. The zero-order valence-electron chi connectivity index (χ0n) is 12.0. The van der Waals surface area contributed by atoms with Crippen molar-refractivity contribution in [3.63, 3.8) is 0 Å². The second-order valence-electron chi connectivity index (χ2n) is 6.16. The lowest BCUT2D eigenvalue weighted by molar-refractivity contribution is 0.0957. The molecule has 2 heterocycles. The molecule has 2 atom stereocenters. The molecule has 2 nitrogen and oxygen atoms in total. The summed E-state index contributed by atoms with van der Waals surface area (Å²) in [4.78, 5) is 2.91. The van der Waals surface area contributed by atoms with Crippen LogP contribution in [-0.2, 0) is 10.2 Å². The van der Waals surface area contributed by atoms with Crippen LogP contribution >= 0.6 is 11.3 Å². The Hall–Kier alpha value is -0.380. The third-order valence-electron chi connectivity index (χ3n) is 3.58. The van der Waals surface area contributed by atoms with Crippen molar-refractivity contribution in [2.24, 2.45) is 0 Å². The van der Waals surface area contributed by atoms with Gasteiger partial charge in [-0.2, -0.15) is 0 Å². The summed E-state index contributed by atoms with van der Waals surface area (Å²) in [6.45, 7) is 7.77. The minimum absolute atomic E-state index is 0.255. The molecule has 0 saturated carbocycles. The molecule has 3 heteroatoms. The molecule has 1 aliphatic rings. The van der Waals surface area contributed by atoms with Gasteiger partial charge in [-0.3, -0.25) is 0 Å². The fourth-order valence-electron chi connectivity index (χ4n) is 2.41. The van der Waals surface area contributed by atoms with Crippen LogP contribution in [0, 0.1) is 0 Å². The Kier molecular flexibility index (Phi) is 4.46. The first kappa shape index (κ1) is 14.0. The molecule has 0 radical (unpaired) electrons. The molecular formula is C15H25NOS. The van der Waals surface area contributed by atoms with Gasteiger partial charge in [0.2, 0.25) is 0 Å². The predicted molar refractivity (Wildman–Crippen MR) is 78.4 cm³/mol. The van der Waals surface area contributed by atoms with Crippen molar-refractivity contribution < 1.29 is 4.74 Å². The Morgan fingerprint density at radius 3 is 2.72 bits per heavy atom. The molecule has 0 amide bonds. The van der Waals surface area contributed by atoms with Gasteiger partial charge >= 0.3 is 0 Å². The fraction of sp³-hybridized carbons (Fsp3) is 0.733. The van der Waals surface area contributed by atoms with Crippen LogP contribution in [0.5, 0.6) is 0 Å². The van der Waals surface area contributed by atoms with Crippen LogP contribution in [0.3, 0.4) is 0 Å². The van der Waals surface area contributed by atoms with Crippen molar-refractivity contribution in [1.82, 2.24) is 5.32 Å². The molecule has 0 aromatic carbocycles. The highest BCUT2D eigenvalue weighted by atomic mass is 32.1. The van der Waals surface area contributed by atoms with E-state index in [1.807, 2.05) is 11.3 Å². The van der Waals surface area contributed by atoms with Crippen molar-refractivity contribution in [3.05, 3.63) is 21.9 Å². The summed E-state index contributed by atoms with van der Waals surface area (Å²) in [5.41, 5.74) is 0.255. The topological polar surface area (TPSA) is 21.3 Å². The van der Waals surface area contributed by atoms with Gasteiger partial charge in [0.05, 0.1) is 6.10 Å². The van der Waals surface area contributed by atoms with Crippen LogP contribution in [0.2, 0.25) is 0 Å². The molecule has 0 spiro atoms. The van der Waals surface area contributed by atoms with Gasteiger partial charge in [-0.15, -0.1) is 11.3 Å². The maximum atomic E-state index is 5.75. The van der Waals surface area contributed by atoms with Crippen molar-refractivity contribution in [2.75, 3.05) is 13.7 Å². The summed E-state index contributed by atoms with van der Waals surface area (Å²) >= 11 is 1.94. The highest BCUT2D eigenvalue weighted by Gasteiger charge is 2.23. The number of nitrogens with one attached hydrogen (secondary N) is 1. The van der Waals surface area contributed by atoms with E-state index in [-0.39, 0.29) is 5.41 Å². The van der Waals surface area contributed by atoms with E-state index in [0.717, 1.165) is 13.0 Å². The van der Waals surface area contributed by atoms with E-state index in [1.54, 1.807) is 0 Å². The highest BCUT2D eigenvalue weighted by molar-refractivity contribution is 7.12. The van der Waals surface area contributed by atoms with E-state index in [1.165, 1.54) is 22.6 Å². The summed E-state index contributed by atoms with van der Waals surface area (Å²) < 4.78 is 5.75. The summed E-state index contributed by atoms with van der Waals surface area (Å²) in [7, 11) is 2.05. The Bertz CT molecular complexity index is 374. The minimum atomic E-state index is 0.255. The van der Waals surface area contributed by atoms with Crippen LogP contribution < -0.4 is 5.32 Å². The van der Waals surface area contributed by atoms with Crippen LogP contribution in [0.25, 0.3) is 0 Å². The van der Waals surface area contributed by atoms with Crippen LogP contribution in [0.4, 0.5) is 0 Å². The fourth-order valence-corrected chi connectivity index (χ4v) is 3.60. The van der Waals surface area contributed by atoms with E-state index in [9.17, 15) is 0 Å². The summed E-state index contributed by atoms with van der Waals surface area (Å²) in [6, 6.07) is 5.00. The van der Waals surface area contributed by atoms with Gasteiger partial charge in [0, 0.05) is 22.4 Å². The molecule has 0 bridgehead atoms. The van der Waals surface area contributed by atoms with Gasteiger partial charge < -0.3 is 10.1 Å². The number of ether oxygens (including phenoxy) is 1. The lowest BCUT2D eigenvalue weighted by Gasteiger charge is -2.19. The molecule has 18 heavy (non-hydrogen) atoms. The van der Waals surface area contributed by atoms with Crippen molar-refractivity contribution in [3.8, 4) is 0 Å². The van der Waals surface area contributed by atoms with Gasteiger partial charge in [-0.1, -0.05) is 20.8 Å². The maximum absolute atomic E-state index is 5.75. The average Bonchev–Trinajstić information content (AvgIpc) is 2.95. The lowest BCUT2D eigenvalue weighted by Crippen LogP contribution is -2.21. The molecule has 1 aliphatic heterocycles.